The zero-order valence-corrected chi connectivity index (χ0v) is 11.6. The zero-order chi connectivity index (χ0) is 13.8. The van der Waals surface area contributed by atoms with E-state index in [9.17, 15) is 10.2 Å². The maximum atomic E-state index is 9.70. The molecule has 0 bridgehead atoms. The smallest absolute Gasteiger partial charge is 0.261 e. The largest absolute Gasteiger partial charge is 0.508 e. The number of nitrogens with zero attached hydrogens (tertiary/aromatic N) is 2. The fraction of sp³-hybridized carbons (Fsp3) is 0.385. The van der Waals surface area contributed by atoms with Crippen LogP contribution in [0, 0.1) is 5.92 Å². The quantitative estimate of drug-likeness (QED) is 0.819. The van der Waals surface area contributed by atoms with E-state index in [1.807, 2.05) is 0 Å². The lowest BCUT2D eigenvalue weighted by atomic mass is 10.2. The average Bonchev–Trinajstić information content (AvgIpc) is 2.80. The molecule has 19 heavy (non-hydrogen) atoms. The van der Waals surface area contributed by atoms with E-state index in [1.165, 1.54) is 18.2 Å². The second kappa shape index (κ2) is 5.97. The minimum atomic E-state index is 0.00262. The lowest BCUT2D eigenvalue weighted by Gasteiger charge is -2.01. The van der Waals surface area contributed by atoms with Gasteiger partial charge < -0.3 is 14.7 Å². The van der Waals surface area contributed by atoms with Gasteiger partial charge in [0.05, 0.1) is 11.3 Å². The first-order chi connectivity index (χ1) is 9.06. The van der Waals surface area contributed by atoms with Crippen LogP contribution in [0.25, 0.3) is 11.5 Å². The molecule has 5 nitrogen and oxygen atoms in total. The van der Waals surface area contributed by atoms with Gasteiger partial charge in [0.15, 0.2) is 5.82 Å². The topological polar surface area (TPSA) is 79.4 Å². The summed E-state index contributed by atoms with van der Waals surface area (Å²) in [5.74, 6) is 3.16. The molecule has 1 heterocycles. The molecule has 0 radical (unpaired) electrons. The molecule has 0 amide bonds. The van der Waals surface area contributed by atoms with Gasteiger partial charge in [-0.1, -0.05) is 19.0 Å². The van der Waals surface area contributed by atoms with Crippen LogP contribution in [0.4, 0.5) is 0 Å². The number of hydrogen-bond acceptors (Lipinski definition) is 6. The summed E-state index contributed by atoms with van der Waals surface area (Å²) in [6, 6.07) is 4.19. The molecule has 0 aliphatic heterocycles. The number of phenolic OH excluding ortho intramolecular Hbond substituents is 2. The van der Waals surface area contributed by atoms with Gasteiger partial charge in [0.2, 0.25) is 0 Å². The Balaban J connectivity index is 2.10. The Labute approximate surface area is 115 Å². The predicted octanol–water partition coefficient (Wildman–Crippen LogP) is 3.04. The zero-order valence-electron chi connectivity index (χ0n) is 10.8. The number of aromatic hydroxyl groups is 2. The maximum absolute atomic E-state index is 9.70. The highest BCUT2D eigenvalue weighted by Gasteiger charge is 2.13. The van der Waals surface area contributed by atoms with Gasteiger partial charge in [0, 0.05) is 0 Å². The van der Waals surface area contributed by atoms with Crippen LogP contribution in [-0.4, -0.2) is 26.1 Å². The Hall–Kier alpha value is -1.69. The summed E-state index contributed by atoms with van der Waals surface area (Å²) >= 11 is 1.73. The second-order valence-electron chi connectivity index (χ2n) is 4.63. The Bertz CT molecular complexity index is 555. The molecule has 2 aromatic rings. The third-order valence-electron chi connectivity index (χ3n) is 2.36. The van der Waals surface area contributed by atoms with Crippen molar-refractivity contribution in [3.05, 3.63) is 24.0 Å². The molecule has 0 aliphatic rings. The Morgan fingerprint density at radius 3 is 2.84 bits per heavy atom. The first-order valence-electron chi connectivity index (χ1n) is 5.99. The SMILES string of the molecule is CC(C)CSCc1noc(-c2cc(O)ccc2O)n1. The van der Waals surface area contributed by atoms with E-state index in [4.69, 9.17) is 4.52 Å². The van der Waals surface area contributed by atoms with E-state index in [0.29, 0.717) is 23.1 Å². The van der Waals surface area contributed by atoms with Crippen LogP contribution < -0.4 is 0 Å². The van der Waals surface area contributed by atoms with Crippen molar-refractivity contribution >= 4 is 11.8 Å². The molecule has 0 aliphatic carbocycles. The van der Waals surface area contributed by atoms with E-state index in [0.717, 1.165) is 5.75 Å². The molecular formula is C13H16N2O3S. The molecule has 1 aromatic heterocycles. The summed E-state index contributed by atoms with van der Waals surface area (Å²) in [5.41, 5.74) is 0.340. The van der Waals surface area contributed by atoms with Crippen molar-refractivity contribution in [2.45, 2.75) is 19.6 Å². The first-order valence-corrected chi connectivity index (χ1v) is 7.14. The van der Waals surface area contributed by atoms with Crippen molar-refractivity contribution in [1.82, 2.24) is 10.1 Å². The Morgan fingerprint density at radius 2 is 2.11 bits per heavy atom. The molecule has 2 N–H and O–H groups in total. The Kier molecular flexibility index (Phi) is 4.31. The summed E-state index contributed by atoms with van der Waals surface area (Å²) in [6.45, 7) is 4.30. The standard InChI is InChI=1S/C13H16N2O3S/c1-8(2)6-19-7-12-14-13(18-15-12)10-5-9(16)3-4-11(10)17/h3-5,8,16-17H,6-7H2,1-2H3. The van der Waals surface area contributed by atoms with Gasteiger partial charge in [-0.3, -0.25) is 0 Å². The third-order valence-corrected chi connectivity index (χ3v) is 3.73. The summed E-state index contributed by atoms with van der Waals surface area (Å²) in [6.07, 6.45) is 0. The highest BCUT2D eigenvalue weighted by Crippen LogP contribution is 2.31. The van der Waals surface area contributed by atoms with E-state index in [1.54, 1.807) is 11.8 Å². The summed E-state index contributed by atoms with van der Waals surface area (Å²) in [4.78, 5) is 4.21. The summed E-state index contributed by atoms with van der Waals surface area (Å²) in [7, 11) is 0. The van der Waals surface area contributed by atoms with Gasteiger partial charge >= 0.3 is 0 Å². The molecule has 0 spiro atoms. The minimum absolute atomic E-state index is 0.00262. The van der Waals surface area contributed by atoms with Crippen molar-refractivity contribution in [2.24, 2.45) is 5.92 Å². The number of benzene rings is 1. The van der Waals surface area contributed by atoms with Crippen LogP contribution in [0.1, 0.15) is 19.7 Å². The highest BCUT2D eigenvalue weighted by molar-refractivity contribution is 7.98. The summed E-state index contributed by atoms with van der Waals surface area (Å²) in [5, 5.41) is 23.0. The van der Waals surface area contributed by atoms with Crippen LogP contribution in [0.2, 0.25) is 0 Å². The van der Waals surface area contributed by atoms with E-state index >= 15 is 0 Å². The van der Waals surface area contributed by atoms with Crippen molar-refractivity contribution in [3.63, 3.8) is 0 Å². The number of thioether (sulfide) groups is 1. The van der Waals surface area contributed by atoms with E-state index in [-0.39, 0.29) is 17.4 Å². The fourth-order valence-corrected chi connectivity index (χ4v) is 2.39. The monoisotopic (exact) mass is 280 g/mol. The predicted molar refractivity (Wildman–Crippen MR) is 74.1 cm³/mol. The van der Waals surface area contributed by atoms with Gasteiger partial charge in [-0.15, -0.1) is 0 Å². The van der Waals surface area contributed by atoms with Gasteiger partial charge in [0.25, 0.3) is 5.89 Å². The van der Waals surface area contributed by atoms with Crippen LogP contribution in [0.3, 0.4) is 0 Å². The van der Waals surface area contributed by atoms with Crippen LogP contribution >= 0.6 is 11.8 Å². The van der Waals surface area contributed by atoms with Gasteiger partial charge in [-0.05, 0) is 29.9 Å². The van der Waals surface area contributed by atoms with Crippen LogP contribution in [-0.2, 0) is 5.75 Å². The molecule has 2 rings (SSSR count). The molecule has 0 saturated heterocycles. The average molecular weight is 280 g/mol. The number of rotatable bonds is 5. The lowest BCUT2D eigenvalue weighted by molar-refractivity contribution is 0.418. The van der Waals surface area contributed by atoms with Crippen molar-refractivity contribution in [2.75, 3.05) is 5.75 Å². The Morgan fingerprint density at radius 1 is 1.32 bits per heavy atom. The normalized spacial score (nSPS) is 11.1. The van der Waals surface area contributed by atoms with Gasteiger partial charge in [0.1, 0.15) is 11.5 Å². The van der Waals surface area contributed by atoms with Crippen LogP contribution in [0.5, 0.6) is 11.5 Å². The van der Waals surface area contributed by atoms with Crippen LogP contribution in [0.15, 0.2) is 22.7 Å². The van der Waals surface area contributed by atoms with E-state index in [2.05, 4.69) is 24.0 Å². The molecule has 6 heteroatoms. The van der Waals surface area contributed by atoms with Crippen molar-refractivity contribution in [3.8, 4) is 23.0 Å². The molecule has 1 aromatic carbocycles. The first kappa shape index (κ1) is 13.7. The molecule has 0 saturated carbocycles. The second-order valence-corrected chi connectivity index (χ2v) is 5.66. The number of hydrogen-bond donors (Lipinski definition) is 2. The fourth-order valence-electron chi connectivity index (χ4n) is 1.50. The van der Waals surface area contributed by atoms with Crippen molar-refractivity contribution < 1.29 is 14.7 Å². The summed E-state index contributed by atoms with van der Waals surface area (Å²) < 4.78 is 5.10. The maximum Gasteiger partial charge on any atom is 0.261 e. The van der Waals surface area contributed by atoms with Gasteiger partial charge in [-0.25, -0.2) is 0 Å². The lowest BCUT2D eigenvalue weighted by Crippen LogP contribution is -1.92. The van der Waals surface area contributed by atoms with Gasteiger partial charge in [-0.2, -0.15) is 16.7 Å². The highest BCUT2D eigenvalue weighted by atomic mass is 32.2. The third kappa shape index (κ3) is 3.64. The molecular weight excluding hydrogens is 264 g/mol. The molecule has 0 atom stereocenters. The molecule has 102 valence electrons. The number of phenols is 2. The minimum Gasteiger partial charge on any atom is -0.508 e. The van der Waals surface area contributed by atoms with E-state index < -0.39 is 0 Å². The molecule has 0 unspecified atom stereocenters. The molecule has 0 fully saturated rings. The van der Waals surface area contributed by atoms with Crippen molar-refractivity contribution in [1.29, 1.82) is 0 Å². The number of aromatic nitrogens is 2.